The molecule has 0 spiro atoms. The highest BCUT2D eigenvalue weighted by Gasteiger charge is 2.43. The Morgan fingerprint density at radius 3 is 1.81 bits per heavy atom. The second-order valence-electron chi connectivity index (χ2n) is 16.1. The number of carboxylic acid groups (broad SMARTS) is 1. The third-order valence-corrected chi connectivity index (χ3v) is 11.0. The zero-order chi connectivity index (χ0) is 49.6. The Morgan fingerprint density at radius 1 is 0.746 bits per heavy atom. The third kappa shape index (κ3) is 17.3. The van der Waals surface area contributed by atoms with Gasteiger partial charge in [-0.2, -0.15) is 0 Å². The maximum Gasteiger partial charge on any atom is 0.305 e. The van der Waals surface area contributed by atoms with E-state index in [-0.39, 0.29) is 25.2 Å². The van der Waals surface area contributed by atoms with Gasteiger partial charge in [0.25, 0.3) is 0 Å². The number of aliphatic carboxylic acids is 1. The number of aliphatic hydroxyl groups excluding tert-OH is 2. The number of carbonyl (C=O) groups is 9. The number of rotatable bonds is 28. The van der Waals surface area contributed by atoms with Crippen LogP contribution in [0.4, 0.5) is 0 Å². The summed E-state index contributed by atoms with van der Waals surface area (Å²) in [7, 11) is 0. The number of amides is 8. The minimum absolute atomic E-state index is 0.0716. The Kier molecular flexibility index (Phi) is 22.8. The molecule has 0 saturated carbocycles. The van der Waals surface area contributed by atoms with Gasteiger partial charge in [0.2, 0.25) is 47.3 Å². The molecule has 23 heteroatoms. The SMILES string of the molecule is CC[C@H](C)[C@H](NC(=O)[C@H](CCCCN)NC(=O)[C@H](Cc1ccccc1)NC(=O)[C@@H]1CO[C@H](CO)N1C(=O)CNC(=O)[C@H](Cc1ccccc1)NC(=O)[C@H](CO)NC(=O)[C@@H](N)CC(=O)O)C(N)=O. The summed E-state index contributed by atoms with van der Waals surface area (Å²) in [5.74, 6) is -8.68. The second-order valence-corrected chi connectivity index (χ2v) is 16.1. The van der Waals surface area contributed by atoms with E-state index in [4.69, 9.17) is 27.0 Å². The van der Waals surface area contributed by atoms with Gasteiger partial charge in [-0.05, 0) is 42.9 Å². The van der Waals surface area contributed by atoms with Crippen LogP contribution in [-0.4, -0.2) is 155 Å². The fraction of sp³-hybridized carbons (Fsp3) is 0.523. The molecule has 9 atom stereocenters. The maximum atomic E-state index is 14.1. The summed E-state index contributed by atoms with van der Waals surface area (Å²) in [5.41, 5.74) is 18.0. The summed E-state index contributed by atoms with van der Waals surface area (Å²) in [6, 6.07) is 7.40. The first-order valence-electron chi connectivity index (χ1n) is 21.9. The van der Waals surface area contributed by atoms with Crippen LogP contribution in [0.3, 0.4) is 0 Å². The summed E-state index contributed by atoms with van der Waals surface area (Å²) < 4.78 is 5.58. The quantitative estimate of drug-likeness (QED) is 0.0362. The van der Waals surface area contributed by atoms with E-state index in [2.05, 4.69) is 31.9 Å². The average Bonchev–Trinajstić information content (AvgIpc) is 3.75. The number of hydrogen-bond donors (Lipinski definition) is 12. The summed E-state index contributed by atoms with van der Waals surface area (Å²) in [4.78, 5) is 119. The third-order valence-electron chi connectivity index (χ3n) is 11.0. The molecule has 0 aliphatic carbocycles. The first kappa shape index (κ1) is 54.8. The molecule has 368 valence electrons. The molecule has 1 aliphatic heterocycles. The molecule has 67 heavy (non-hydrogen) atoms. The van der Waals surface area contributed by atoms with E-state index >= 15 is 0 Å². The number of benzene rings is 2. The van der Waals surface area contributed by atoms with Crippen molar-refractivity contribution in [2.75, 3.05) is 32.9 Å². The molecule has 3 rings (SSSR count). The lowest BCUT2D eigenvalue weighted by molar-refractivity contribution is -0.145. The maximum absolute atomic E-state index is 14.1. The lowest BCUT2D eigenvalue weighted by Crippen LogP contribution is -2.60. The largest absolute Gasteiger partial charge is 0.481 e. The normalized spacial score (nSPS) is 17.6. The van der Waals surface area contributed by atoms with Gasteiger partial charge in [-0.3, -0.25) is 48.1 Å². The molecule has 15 N–H and O–H groups in total. The van der Waals surface area contributed by atoms with Gasteiger partial charge < -0.3 is 69.2 Å². The molecular formula is C44H64N10O13. The van der Waals surface area contributed by atoms with Crippen LogP contribution in [0.1, 0.15) is 57.1 Å². The summed E-state index contributed by atoms with van der Waals surface area (Å²) in [6.07, 6.45) is -0.734. The monoisotopic (exact) mass is 940 g/mol. The van der Waals surface area contributed by atoms with Gasteiger partial charge in [-0.1, -0.05) is 80.9 Å². The molecule has 0 unspecified atom stereocenters. The minimum atomic E-state index is -1.65. The average molecular weight is 941 g/mol. The van der Waals surface area contributed by atoms with Gasteiger partial charge in [0.1, 0.15) is 36.3 Å². The van der Waals surface area contributed by atoms with Crippen LogP contribution in [0, 0.1) is 5.92 Å². The van der Waals surface area contributed by atoms with Gasteiger partial charge in [0, 0.05) is 12.8 Å². The second kappa shape index (κ2) is 27.8. The first-order chi connectivity index (χ1) is 31.9. The van der Waals surface area contributed by atoms with Crippen molar-refractivity contribution in [3.8, 4) is 0 Å². The van der Waals surface area contributed by atoms with E-state index < -0.39 is 135 Å². The zero-order valence-electron chi connectivity index (χ0n) is 37.6. The molecule has 0 radical (unpaired) electrons. The van der Waals surface area contributed by atoms with Gasteiger partial charge in [-0.25, -0.2) is 0 Å². The number of nitrogens with two attached hydrogens (primary N) is 3. The van der Waals surface area contributed by atoms with Crippen LogP contribution < -0.4 is 49.1 Å². The highest BCUT2D eigenvalue weighted by molar-refractivity contribution is 5.97. The zero-order valence-corrected chi connectivity index (χ0v) is 37.6. The summed E-state index contributed by atoms with van der Waals surface area (Å²) in [5, 5.41) is 44.0. The number of hydrogen-bond acceptors (Lipinski definition) is 14. The lowest BCUT2D eigenvalue weighted by atomic mass is 9.97. The first-order valence-corrected chi connectivity index (χ1v) is 21.9. The van der Waals surface area contributed by atoms with E-state index in [1.54, 1.807) is 67.6 Å². The van der Waals surface area contributed by atoms with Crippen LogP contribution >= 0.6 is 0 Å². The molecule has 1 heterocycles. The van der Waals surface area contributed by atoms with Crippen molar-refractivity contribution in [2.45, 2.75) is 107 Å². The van der Waals surface area contributed by atoms with Gasteiger partial charge in [0.05, 0.1) is 38.8 Å². The fourth-order valence-electron chi connectivity index (χ4n) is 7.05. The molecule has 0 aromatic heterocycles. The van der Waals surface area contributed by atoms with Gasteiger partial charge in [-0.15, -0.1) is 0 Å². The van der Waals surface area contributed by atoms with E-state index in [9.17, 15) is 53.4 Å². The molecule has 0 bridgehead atoms. The van der Waals surface area contributed by atoms with E-state index in [1.807, 2.05) is 6.92 Å². The predicted octanol–water partition coefficient (Wildman–Crippen LogP) is -3.99. The number of unbranched alkanes of at least 4 members (excludes halogenated alkanes) is 1. The summed E-state index contributed by atoms with van der Waals surface area (Å²) >= 11 is 0. The van der Waals surface area contributed by atoms with Crippen LogP contribution in [0.15, 0.2) is 60.7 Å². The van der Waals surface area contributed by atoms with E-state index in [0.29, 0.717) is 36.9 Å². The van der Waals surface area contributed by atoms with Crippen molar-refractivity contribution in [1.29, 1.82) is 0 Å². The number of ether oxygens (including phenoxy) is 1. The van der Waals surface area contributed by atoms with Crippen molar-refractivity contribution < 1.29 is 63.2 Å². The van der Waals surface area contributed by atoms with Crippen molar-refractivity contribution in [3.63, 3.8) is 0 Å². The molecule has 8 amide bonds. The van der Waals surface area contributed by atoms with Crippen molar-refractivity contribution >= 4 is 53.2 Å². The molecule has 2 aromatic carbocycles. The number of primary amides is 1. The van der Waals surface area contributed by atoms with Crippen LogP contribution in [0.25, 0.3) is 0 Å². The number of carboxylic acids is 1. The molecule has 1 fully saturated rings. The summed E-state index contributed by atoms with van der Waals surface area (Å²) in [6.45, 7) is 0.948. The molecule has 1 aliphatic rings. The van der Waals surface area contributed by atoms with Gasteiger partial charge in [0.15, 0.2) is 6.23 Å². The van der Waals surface area contributed by atoms with Gasteiger partial charge >= 0.3 is 5.97 Å². The predicted molar refractivity (Wildman–Crippen MR) is 239 cm³/mol. The Morgan fingerprint density at radius 2 is 1.28 bits per heavy atom. The van der Waals surface area contributed by atoms with Crippen molar-refractivity contribution in [2.24, 2.45) is 23.1 Å². The topological polar surface area (TPSA) is 377 Å². The molecular weight excluding hydrogens is 877 g/mol. The van der Waals surface area contributed by atoms with E-state index in [1.165, 1.54) is 0 Å². The highest BCUT2D eigenvalue weighted by Crippen LogP contribution is 2.19. The minimum Gasteiger partial charge on any atom is -0.481 e. The van der Waals surface area contributed by atoms with Crippen LogP contribution in [-0.2, 0) is 60.7 Å². The standard InChI is InChI=1S/C44H64N10O13/c1-3-25(2)37(38(47)60)53-41(63)29(16-10-11-17-45)49-42(64)31(19-27-14-8-5-9-15-27)51-44(66)33-24-67-35(23-56)54(33)34(57)21-48-40(62)30(18-26-12-6-4-7-13-26)50-43(65)32(22-55)52-39(61)28(46)20-36(58)59/h4-9,12-15,25,28-33,35,37,55-56H,3,10-11,16-24,45-46H2,1-2H3,(H2,47,60)(H,48,62)(H,49,64)(H,50,65)(H,51,66)(H,52,61)(H,53,63)(H,58,59)/t25-,28-,29-,30-,31-,32-,33-,35+,37-/m0/s1. The van der Waals surface area contributed by atoms with Crippen LogP contribution in [0.5, 0.6) is 0 Å². The highest BCUT2D eigenvalue weighted by atomic mass is 16.5. The van der Waals surface area contributed by atoms with Crippen molar-refractivity contribution in [1.82, 2.24) is 36.8 Å². The smallest absolute Gasteiger partial charge is 0.305 e. The Balaban J connectivity index is 1.83. The van der Waals surface area contributed by atoms with Crippen molar-refractivity contribution in [3.05, 3.63) is 71.8 Å². The van der Waals surface area contributed by atoms with E-state index in [0.717, 1.165) is 4.90 Å². The Hall–Kier alpha value is -6.53. The number of nitrogens with one attached hydrogen (secondary N) is 6. The fourth-order valence-corrected chi connectivity index (χ4v) is 7.05. The van der Waals surface area contributed by atoms with Crippen LogP contribution in [0.2, 0.25) is 0 Å². The number of nitrogens with zero attached hydrogens (tertiary/aromatic N) is 1. The molecule has 23 nitrogen and oxygen atoms in total. The Bertz CT molecular complexity index is 2000. The number of carbonyl (C=O) groups excluding carboxylic acids is 8. The lowest BCUT2D eigenvalue weighted by Gasteiger charge is -2.29. The molecule has 1 saturated heterocycles. The number of aliphatic hydroxyl groups is 2. The Labute approximate surface area is 387 Å². The molecule has 2 aromatic rings.